The smallest absolute Gasteiger partial charge is 0.371 e. The normalized spacial score (nSPS) is 12.1. The molecular formula is C12H17NO5. The van der Waals surface area contributed by atoms with Crippen LogP contribution < -0.4 is 5.32 Å². The van der Waals surface area contributed by atoms with Crippen molar-refractivity contribution >= 4 is 11.9 Å². The summed E-state index contributed by atoms with van der Waals surface area (Å²) in [7, 11) is 0. The van der Waals surface area contributed by atoms with Gasteiger partial charge in [-0.2, -0.15) is 0 Å². The van der Waals surface area contributed by atoms with Crippen LogP contribution in [0.4, 0.5) is 0 Å². The molecule has 1 aromatic heterocycles. The molecule has 1 atom stereocenters. The van der Waals surface area contributed by atoms with Gasteiger partial charge < -0.3 is 19.6 Å². The molecule has 0 radical (unpaired) electrons. The number of ether oxygens (including phenoxy) is 1. The van der Waals surface area contributed by atoms with Gasteiger partial charge in [0, 0.05) is 0 Å². The highest BCUT2D eigenvalue weighted by Crippen LogP contribution is 2.07. The van der Waals surface area contributed by atoms with Crippen molar-refractivity contribution in [3.63, 3.8) is 0 Å². The molecule has 0 fully saturated rings. The summed E-state index contributed by atoms with van der Waals surface area (Å²) >= 11 is 0. The van der Waals surface area contributed by atoms with E-state index in [1.165, 1.54) is 12.1 Å². The first kappa shape index (κ1) is 14.2. The number of rotatable bonds is 7. The van der Waals surface area contributed by atoms with E-state index >= 15 is 0 Å². The summed E-state index contributed by atoms with van der Waals surface area (Å²) in [5.41, 5.74) is 0. The zero-order chi connectivity index (χ0) is 13.5. The van der Waals surface area contributed by atoms with Gasteiger partial charge in [-0.3, -0.25) is 4.79 Å². The minimum absolute atomic E-state index is 0.0124. The third-order valence-electron chi connectivity index (χ3n) is 2.41. The van der Waals surface area contributed by atoms with Gasteiger partial charge in [0.2, 0.25) is 11.7 Å². The Balaban J connectivity index is 2.31. The lowest BCUT2D eigenvalue weighted by Gasteiger charge is -2.09. The molecule has 0 bridgehead atoms. The van der Waals surface area contributed by atoms with E-state index in [9.17, 15) is 9.59 Å². The van der Waals surface area contributed by atoms with Crippen molar-refractivity contribution in [2.24, 2.45) is 0 Å². The van der Waals surface area contributed by atoms with Gasteiger partial charge in [0.25, 0.3) is 0 Å². The summed E-state index contributed by atoms with van der Waals surface area (Å²) in [4.78, 5) is 21.9. The number of amides is 1. The Morgan fingerprint density at radius 2 is 2.22 bits per heavy atom. The molecule has 0 saturated heterocycles. The third kappa shape index (κ3) is 4.58. The fraction of sp³-hybridized carbons (Fsp3) is 0.500. The van der Waals surface area contributed by atoms with Gasteiger partial charge in [-0.25, -0.2) is 4.79 Å². The molecule has 0 aliphatic rings. The standard InChI is InChI=1S/C12H17NO5/c1-3-8(2)17-7-11(14)13-6-9-4-5-10(18-9)12(15)16/h4-5,8H,3,6-7H2,1-2H3,(H,13,14)(H,15,16). The molecule has 0 aliphatic heterocycles. The molecule has 6 nitrogen and oxygen atoms in total. The van der Waals surface area contributed by atoms with E-state index < -0.39 is 5.97 Å². The second-order valence-corrected chi connectivity index (χ2v) is 3.88. The number of nitrogens with one attached hydrogen (secondary N) is 1. The second-order valence-electron chi connectivity index (χ2n) is 3.88. The largest absolute Gasteiger partial charge is 0.475 e. The van der Waals surface area contributed by atoms with Crippen LogP contribution >= 0.6 is 0 Å². The first-order chi connectivity index (χ1) is 8.52. The van der Waals surface area contributed by atoms with Crippen molar-refractivity contribution in [2.45, 2.75) is 32.9 Å². The van der Waals surface area contributed by atoms with Crippen molar-refractivity contribution in [1.82, 2.24) is 5.32 Å². The zero-order valence-electron chi connectivity index (χ0n) is 10.4. The molecule has 100 valence electrons. The average molecular weight is 255 g/mol. The van der Waals surface area contributed by atoms with Gasteiger partial charge in [-0.1, -0.05) is 6.92 Å². The molecule has 1 aromatic rings. The molecule has 0 aliphatic carbocycles. The lowest BCUT2D eigenvalue weighted by molar-refractivity contribution is -0.127. The van der Waals surface area contributed by atoms with Crippen LogP contribution in [0.2, 0.25) is 0 Å². The molecule has 0 saturated carbocycles. The number of carbonyl (C=O) groups excluding carboxylic acids is 1. The van der Waals surface area contributed by atoms with E-state index in [-0.39, 0.29) is 30.9 Å². The second kappa shape index (κ2) is 6.80. The minimum Gasteiger partial charge on any atom is -0.475 e. The Bertz CT molecular complexity index is 412. The van der Waals surface area contributed by atoms with E-state index in [0.29, 0.717) is 5.76 Å². The van der Waals surface area contributed by atoms with Crippen LogP contribution in [0.5, 0.6) is 0 Å². The van der Waals surface area contributed by atoms with E-state index in [2.05, 4.69) is 5.32 Å². The molecule has 0 spiro atoms. The quantitative estimate of drug-likeness (QED) is 0.769. The summed E-state index contributed by atoms with van der Waals surface area (Å²) in [6, 6.07) is 2.86. The Morgan fingerprint density at radius 1 is 1.50 bits per heavy atom. The summed E-state index contributed by atoms with van der Waals surface area (Å²) in [5.74, 6) is -1.14. The molecule has 1 amide bonds. The fourth-order valence-corrected chi connectivity index (χ4v) is 1.16. The van der Waals surface area contributed by atoms with Crippen molar-refractivity contribution < 1.29 is 23.8 Å². The summed E-state index contributed by atoms with van der Waals surface area (Å²) in [5, 5.41) is 11.2. The lowest BCUT2D eigenvalue weighted by atomic mass is 10.3. The topological polar surface area (TPSA) is 88.8 Å². The SMILES string of the molecule is CCC(C)OCC(=O)NCc1ccc(C(=O)O)o1. The van der Waals surface area contributed by atoms with Crippen molar-refractivity contribution in [1.29, 1.82) is 0 Å². The number of aromatic carboxylic acids is 1. The van der Waals surface area contributed by atoms with Crippen LogP contribution in [0.15, 0.2) is 16.5 Å². The number of carbonyl (C=O) groups is 2. The highest BCUT2D eigenvalue weighted by molar-refractivity contribution is 5.84. The molecule has 18 heavy (non-hydrogen) atoms. The maximum absolute atomic E-state index is 11.4. The van der Waals surface area contributed by atoms with Gasteiger partial charge in [0.15, 0.2) is 0 Å². The molecule has 0 aromatic carbocycles. The first-order valence-electron chi connectivity index (χ1n) is 5.73. The Labute approximate surface area is 105 Å². The van der Waals surface area contributed by atoms with Crippen molar-refractivity contribution in [2.75, 3.05) is 6.61 Å². The Kier molecular flexibility index (Phi) is 5.38. The molecule has 1 rings (SSSR count). The number of carboxylic acids is 1. The van der Waals surface area contributed by atoms with E-state index in [1.807, 2.05) is 13.8 Å². The monoisotopic (exact) mass is 255 g/mol. The fourth-order valence-electron chi connectivity index (χ4n) is 1.16. The third-order valence-corrected chi connectivity index (χ3v) is 2.41. The predicted octanol–water partition coefficient (Wildman–Crippen LogP) is 1.41. The van der Waals surface area contributed by atoms with Crippen LogP contribution in [-0.4, -0.2) is 29.7 Å². The number of carboxylic acid groups (broad SMARTS) is 1. The summed E-state index contributed by atoms with van der Waals surface area (Å²) in [6.45, 7) is 4.00. The maximum atomic E-state index is 11.4. The molecular weight excluding hydrogens is 238 g/mol. The predicted molar refractivity (Wildman–Crippen MR) is 63.2 cm³/mol. The van der Waals surface area contributed by atoms with Crippen LogP contribution in [0.25, 0.3) is 0 Å². The zero-order valence-corrected chi connectivity index (χ0v) is 10.4. The van der Waals surface area contributed by atoms with Gasteiger partial charge >= 0.3 is 5.97 Å². The number of hydrogen-bond donors (Lipinski definition) is 2. The molecule has 1 heterocycles. The molecule has 2 N–H and O–H groups in total. The van der Waals surface area contributed by atoms with Crippen molar-refractivity contribution in [3.8, 4) is 0 Å². The molecule has 1 unspecified atom stereocenters. The minimum atomic E-state index is -1.13. The first-order valence-corrected chi connectivity index (χ1v) is 5.73. The van der Waals surface area contributed by atoms with Crippen LogP contribution in [0, 0.1) is 0 Å². The van der Waals surface area contributed by atoms with Gasteiger partial charge in [-0.15, -0.1) is 0 Å². The van der Waals surface area contributed by atoms with Crippen molar-refractivity contribution in [3.05, 3.63) is 23.7 Å². The average Bonchev–Trinajstić information content (AvgIpc) is 2.82. The number of furan rings is 1. The summed E-state index contributed by atoms with van der Waals surface area (Å²) < 4.78 is 10.2. The van der Waals surface area contributed by atoms with Crippen LogP contribution in [-0.2, 0) is 16.1 Å². The Morgan fingerprint density at radius 3 is 2.78 bits per heavy atom. The Hall–Kier alpha value is -1.82. The molecule has 6 heteroatoms. The number of hydrogen-bond acceptors (Lipinski definition) is 4. The lowest BCUT2D eigenvalue weighted by Crippen LogP contribution is -2.28. The van der Waals surface area contributed by atoms with Crippen LogP contribution in [0.3, 0.4) is 0 Å². The van der Waals surface area contributed by atoms with E-state index in [4.69, 9.17) is 14.3 Å². The highest BCUT2D eigenvalue weighted by atomic mass is 16.5. The summed E-state index contributed by atoms with van der Waals surface area (Å²) in [6.07, 6.45) is 0.881. The highest BCUT2D eigenvalue weighted by Gasteiger charge is 2.10. The van der Waals surface area contributed by atoms with Crippen LogP contribution in [0.1, 0.15) is 36.6 Å². The van der Waals surface area contributed by atoms with Gasteiger partial charge in [-0.05, 0) is 25.5 Å². The van der Waals surface area contributed by atoms with Gasteiger partial charge in [0.05, 0.1) is 12.6 Å². The maximum Gasteiger partial charge on any atom is 0.371 e. The van der Waals surface area contributed by atoms with E-state index in [0.717, 1.165) is 6.42 Å². The van der Waals surface area contributed by atoms with E-state index in [1.54, 1.807) is 0 Å². The van der Waals surface area contributed by atoms with Gasteiger partial charge in [0.1, 0.15) is 12.4 Å².